The molecule has 6 nitrogen and oxygen atoms in total. The summed E-state index contributed by atoms with van der Waals surface area (Å²) in [6, 6.07) is -0.538. The number of aliphatic hydroxyl groups is 2. The van der Waals surface area contributed by atoms with E-state index >= 15 is 0 Å². The summed E-state index contributed by atoms with van der Waals surface area (Å²) in [6.07, 6.45) is 92.3. The summed E-state index contributed by atoms with van der Waals surface area (Å²) in [7, 11) is 0. The zero-order valence-corrected chi connectivity index (χ0v) is 55.5. The van der Waals surface area contributed by atoms with Crippen molar-refractivity contribution >= 4 is 11.9 Å². The molecule has 6 heteroatoms. The first kappa shape index (κ1) is 80.1. The van der Waals surface area contributed by atoms with Gasteiger partial charge in [0.1, 0.15) is 0 Å². The summed E-state index contributed by atoms with van der Waals surface area (Å²) in [6.45, 7) is 4.97. The zero-order valence-electron chi connectivity index (χ0n) is 55.5. The summed E-state index contributed by atoms with van der Waals surface area (Å²) >= 11 is 0. The van der Waals surface area contributed by atoms with Crippen LogP contribution in [0.2, 0.25) is 0 Å². The van der Waals surface area contributed by atoms with Crippen molar-refractivity contribution < 1.29 is 24.5 Å². The lowest BCUT2D eigenvalue weighted by Gasteiger charge is -2.22. The van der Waals surface area contributed by atoms with Crippen LogP contribution in [0.3, 0.4) is 0 Å². The Morgan fingerprint density at radius 3 is 0.939 bits per heavy atom. The summed E-state index contributed by atoms with van der Waals surface area (Å²) in [5.74, 6) is -0.0190. The minimum atomic E-state index is -0.661. The van der Waals surface area contributed by atoms with E-state index in [0.717, 1.165) is 51.4 Å². The molecule has 82 heavy (non-hydrogen) atoms. The van der Waals surface area contributed by atoms with Gasteiger partial charge in [0.25, 0.3) is 0 Å². The molecule has 0 aromatic heterocycles. The molecule has 0 aliphatic rings. The predicted octanol–water partition coefficient (Wildman–Crippen LogP) is 24.3. The molecule has 0 saturated heterocycles. The third kappa shape index (κ3) is 67.2. The van der Waals surface area contributed by atoms with Crippen LogP contribution in [-0.4, -0.2) is 47.4 Å². The Labute approximate surface area is 513 Å². The Morgan fingerprint density at radius 1 is 0.341 bits per heavy atom. The second kappa shape index (κ2) is 71.6. The monoisotopic (exact) mass is 1150 g/mol. The highest BCUT2D eigenvalue weighted by Gasteiger charge is 2.20. The number of rotatable bonds is 70. The molecule has 1 amide bonds. The fourth-order valence-corrected chi connectivity index (χ4v) is 11.7. The minimum Gasteiger partial charge on any atom is -0.466 e. The largest absolute Gasteiger partial charge is 0.466 e. The predicted molar refractivity (Wildman–Crippen MR) is 361 cm³/mol. The molecule has 0 heterocycles. The molecule has 0 rings (SSSR count). The number of hydrogen-bond acceptors (Lipinski definition) is 5. The van der Waals surface area contributed by atoms with Gasteiger partial charge < -0.3 is 20.3 Å². The molecule has 2 unspecified atom stereocenters. The van der Waals surface area contributed by atoms with Crippen molar-refractivity contribution in [1.29, 1.82) is 0 Å². The SMILES string of the molecule is CCCCCCCCC/C=C\CCCCCCCC(=O)OCCCCCCCCCCCCCCC/C=C\C/C=C\CCCCCCCCCCCCCCCCCCCC(=O)NC(CO)C(O)CCCCCCCCCCCCCC. The quantitative estimate of drug-likeness (QED) is 0.0320. The number of ether oxygens (including phenoxy) is 1. The number of unbranched alkanes of at least 4 members (excludes halogenated alkanes) is 53. The van der Waals surface area contributed by atoms with E-state index in [-0.39, 0.29) is 18.5 Å². The maximum Gasteiger partial charge on any atom is 0.305 e. The number of allylic oxidation sites excluding steroid dienone is 6. The van der Waals surface area contributed by atoms with E-state index in [9.17, 15) is 19.8 Å². The molecule has 0 radical (unpaired) electrons. The molecular formula is C76H145NO5. The van der Waals surface area contributed by atoms with Crippen molar-refractivity contribution in [2.75, 3.05) is 13.2 Å². The lowest BCUT2D eigenvalue weighted by atomic mass is 10.0. The summed E-state index contributed by atoms with van der Waals surface area (Å²) in [5, 5.41) is 23.3. The molecular weight excluding hydrogens is 1010 g/mol. The maximum absolute atomic E-state index is 12.5. The Bertz CT molecular complexity index is 1330. The number of carbonyl (C=O) groups excluding carboxylic acids is 2. The van der Waals surface area contributed by atoms with E-state index in [2.05, 4.69) is 55.6 Å². The first-order valence-electron chi connectivity index (χ1n) is 37.2. The van der Waals surface area contributed by atoms with E-state index in [1.165, 1.54) is 327 Å². The number of esters is 1. The van der Waals surface area contributed by atoms with Crippen LogP contribution in [0.4, 0.5) is 0 Å². The van der Waals surface area contributed by atoms with Gasteiger partial charge in [0.05, 0.1) is 25.4 Å². The molecule has 2 atom stereocenters. The topological polar surface area (TPSA) is 95.9 Å². The van der Waals surface area contributed by atoms with E-state index in [1.54, 1.807) is 0 Å². The highest BCUT2D eigenvalue weighted by Crippen LogP contribution is 2.19. The lowest BCUT2D eigenvalue weighted by molar-refractivity contribution is -0.143. The first-order valence-corrected chi connectivity index (χ1v) is 37.2. The van der Waals surface area contributed by atoms with Gasteiger partial charge in [-0.3, -0.25) is 9.59 Å². The summed E-state index contributed by atoms with van der Waals surface area (Å²) < 4.78 is 5.50. The van der Waals surface area contributed by atoms with Gasteiger partial charge in [0, 0.05) is 12.8 Å². The van der Waals surface area contributed by atoms with Crippen LogP contribution in [0, 0.1) is 0 Å². The van der Waals surface area contributed by atoms with Crippen molar-refractivity contribution in [2.24, 2.45) is 0 Å². The number of amides is 1. The number of nitrogens with one attached hydrogen (secondary N) is 1. The van der Waals surface area contributed by atoms with Crippen molar-refractivity contribution in [2.45, 2.75) is 424 Å². The van der Waals surface area contributed by atoms with Crippen LogP contribution in [0.25, 0.3) is 0 Å². The first-order chi connectivity index (χ1) is 40.5. The molecule has 484 valence electrons. The smallest absolute Gasteiger partial charge is 0.305 e. The van der Waals surface area contributed by atoms with E-state index in [4.69, 9.17) is 4.74 Å². The minimum absolute atomic E-state index is 0.0118. The standard InChI is InChI=1S/C76H145NO5/c1-3-5-7-9-11-13-15-17-18-43-46-50-54-58-62-66-70-76(81)82-71-67-63-59-55-51-47-44-41-39-37-35-33-31-29-27-25-23-21-19-20-22-24-26-28-30-32-34-36-38-40-42-45-49-53-57-61-65-69-75(80)77-73(72-78)74(79)68-64-60-56-52-48-16-14-12-10-8-6-4-2/h18-19,21,25,27,43,73-74,78-79H,3-17,20,22-24,26,28-42,44-72H2,1-2H3,(H,77,80)/b21-19-,27-25-,43-18-. The van der Waals surface area contributed by atoms with Crippen LogP contribution in [0.1, 0.15) is 412 Å². The van der Waals surface area contributed by atoms with E-state index < -0.39 is 12.1 Å². The third-order valence-corrected chi connectivity index (χ3v) is 17.4. The van der Waals surface area contributed by atoms with Gasteiger partial charge in [-0.25, -0.2) is 0 Å². The summed E-state index contributed by atoms with van der Waals surface area (Å²) in [5.41, 5.74) is 0. The Hall–Kier alpha value is -1.92. The van der Waals surface area contributed by atoms with Crippen molar-refractivity contribution in [3.8, 4) is 0 Å². The van der Waals surface area contributed by atoms with Crippen molar-refractivity contribution in [1.82, 2.24) is 5.32 Å². The average molecular weight is 1150 g/mol. The molecule has 0 spiro atoms. The van der Waals surface area contributed by atoms with Crippen LogP contribution < -0.4 is 5.32 Å². The van der Waals surface area contributed by atoms with Gasteiger partial charge in [0.2, 0.25) is 5.91 Å². The van der Waals surface area contributed by atoms with Crippen molar-refractivity contribution in [3.05, 3.63) is 36.5 Å². The number of aliphatic hydroxyl groups excluding tert-OH is 2. The third-order valence-electron chi connectivity index (χ3n) is 17.4. The molecule has 0 fully saturated rings. The highest BCUT2D eigenvalue weighted by atomic mass is 16.5. The molecule has 0 aliphatic carbocycles. The number of carbonyl (C=O) groups is 2. The molecule has 3 N–H and O–H groups in total. The van der Waals surface area contributed by atoms with Gasteiger partial charge >= 0.3 is 5.97 Å². The van der Waals surface area contributed by atoms with E-state index in [1.807, 2.05) is 0 Å². The highest BCUT2D eigenvalue weighted by molar-refractivity contribution is 5.76. The fourth-order valence-electron chi connectivity index (χ4n) is 11.7. The molecule has 0 aliphatic heterocycles. The lowest BCUT2D eigenvalue weighted by Crippen LogP contribution is -2.45. The van der Waals surface area contributed by atoms with Crippen molar-refractivity contribution in [3.63, 3.8) is 0 Å². The fraction of sp³-hybridized carbons (Fsp3) is 0.895. The molecule has 0 saturated carbocycles. The van der Waals surface area contributed by atoms with Gasteiger partial charge in [0.15, 0.2) is 0 Å². The normalized spacial score (nSPS) is 12.7. The Kier molecular flexibility index (Phi) is 69.9. The van der Waals surface area contributed by atoms with Gasteiger partial charge in [-0.15, -0.1) is 0 Å². The Morgan fingerprint density at radius 2 is 0.610 bits per heavy atom. The van der Waals surface area contributed by atoms with Crippen LogP contribution >= 0.6 is 0 Å². The average Bonchev–Trinajstić information content (AvgIpc) is 3.48. The maximum atomic E-state index is 12.5. The van der Waals surface area contributed by atoms with E-state index in [0.29, 0.717) is 25.9 Å². The molecule has 0 aromatic rings. The van der Waals surface area contributed by atoms with Gasteiger partial charge in [-0.05, 0) is 83.5 Å². The van der Waals surface area contributed by atoms with Crippen LogP contribution in [0.15, 0.2) is 36.5 Å². The van der Waals surface area contributed by atoms with Crippen LogP contribution in [-0.2, 0) is 14.3 Å². The summed E-state index contributed by atoms with van der Waals surface area (Å²) in [4.78, 5) is 24.6. The van der Waals surface area contributed by atoms with Gasteiger partial charge in [-0.2, -0.15) is 0 Å². The Balaban J connectivity index is 3.34. The van der Waals surface area contributed by atoms with Gasteiger partial charge in [-0.1, -0.05) is 352 Å². The number of hydrogen-bond donors (Lipinski definition) is 3. The van der Waals surface area contributed by atoms with Crippen LogP contribution in [0.5, 0.6) is 0 Å². The molecule has 0 bridgehead atoms. The second-order valence-corrected chi connectivity index (χ2v) is 25.6. The second-order valence-electron chi connectivity index (χ2n) is 25.6. The molecule has 0 aromatic carbocycles. The zero-order chi connectivity index (χ0) is 59.2.